The molecular weight excluding hydrogens is 416 g/mol. The van der Waals surface area contributed by atoms with Crippen molar-refractivity contribution in [3.63, 3.8) is 0 Å². The van der Waals surface area contributed by atoms with E-state index in [9.17, 15) is 9.90 Å². The van der Waals surface area contributed by atoms with E-state index in [0.29, 0.717) is 6.54 Å². The standard InChI is InChI=1S/C26H42N4O3/c1-22(31)27-24-8-13-29(14-9-24)20-26(32)10-15-30(21-26)19-23-6-5-7-25(18-23)33-17-16-28-11-3-2-4-12-28/h5-7,18,24,32H,2-4,8-17,19-21H2,1H3,(H,27,31)/t26-/m1/s1. The second-order valence-corrected chi connectivity index (χ2v) is 10.3. The molecule has 33 heavy (non-hydrogen) atoms. The Morgan fingerprint density at radius 2 is 1.88 bits per heavy atom. The van der Waals surface area contributed by atoms with Gasteiger partial charge in [-0.15, -0.1) is 0 Å². The van der Waals surface area contributed by atoms with E-state index in [4.69, 9.17) is 4.74 Å². The first-order valence-corrected chi connectivity index (χ1v) is 12.9. The van der Waals surface area contributed by atoms with Gasteiger partial charge in [-0.3, -0.25) is 14.6 Å². The Hall–Kier alpha value is -1.67. The topological polar surface area (TPSA) is 68.3 Å². The Morgan fingerprint density at radius 3 is 2.64 bits per heavy atom. The third kappa shape index (κ3) is 7.67. The van der Waals surface area contributed by atoms with Crippen molar-refractivity contribution in [3.8, 4) is 5.75 Å². The van der Waals surface area contributed by atoms with Crippen LogP contribution in [0.15, 0.2) is 24.3 Å². The van der Waals surface area contributed by atoms with E-state index in [0.717, 1.165) is 70.9 Å². The third-order valence-electron chi connectivity index (χ3n) is 7.35. The van der Waals surface area contributed by atoms with Crippen LogP contribution in [-0.2, 0) is 11.3 Å². The molecular formula is C26H42N4O3. The number of piperidine rings is 2. The number of hydrogen-bond donors (Lipinski definition) is 2. The summed E-state index contributed by atoms with van der Waals surface area (Å²) < 4.78 is 6.05. The Labute approximate surface area is 199 Å². The summed E-state index contributed by atoms with van der Waals surface area (Å²) in [6.07, 6.45) is 6.72. The molecule has 3 aliphatic rings. The molecule has 0 spiro atoms. The molecule has 3 saturated heterocycles. The van der Waals surface area contributed by atoms with Gasteiger partial charge in [0, 0.05) is 58.8 Å². The van der Waals surface area contributed by atoms with Crippen LogP contribution in [0.4, 0.5) is 0 Å². The van der Waals surface area contributed by atoms with Gasteiger partial charge in [-0.25, -0.2) is 0 Å². The molecule has 3 fully saturated rings. The van der Waals surface area contributed by atoms with E-state index in [1.54, 1.807) is 6.92 Å². The summed E-state index contributed by atoms with van der Waals surface area (Å²) in [5.41, 5.74) is 0.592. The number of nitrogens with one attached hydrogen (secondary N) is 1. The highest BCUT2D eigenvalue weighted by molar-refractivity contribution is 5.73. The molecule has 184 valence electrons. The average molecular weight is 459 g/mol. The van der Waals surface area contributed by atoms with Crippen molar-refractivity contribution in [2.24, 2.45) is 0 Å². The van der Waals surface area contributed by atoms with Crippen LogP contribution < -0.4 is 10.1 Å². The maximum Gasteiger partial charge on any atom is 0.217 e. The fourth-order valence-electron chi connectivity index (χ4n) is 5.61. The molecule has 4 rings (SSSR count). The molecule has 1 aromatic carbocycles. The van der Waals surface area contributed by atoms with Crippen LogP contribution in [0.3, 0.4) is 0 Å². The van der Waals surface area contributed by atoms with Gasteiger partial charge in [-0.2, -0.15) is 0 Å². The molecule has 0 aromatic heterocycles. The number of carbonyl (C=O) groups excluding carboxylic acids is 1. The molecule has 2 N–H and O–H groups in total. The van der Waals surface area contributed by atoms with Crippen molar-refractivity contribution in [1.82, 2.24) is 20.0 Å². The van der Waals surface area contributed by atoms with Crippen LogP contribution in [0.25, 0.3) is 0 Å². The minimum absolute atomic E-state index is 0.0509. The third-order valence-corrected chi connectivity index (χ3v) is 7.35. The van der Waals surface area contributed by atoms with Gasteiger partial charge < -0.3 is 20.1 Å². The summed E-state index contributed by atoms with van der Waals surface area (Å²) >= 11 is 0. The second-order valence-electron chi connectivity index (χ2n) is 10.3. The maximum absolute atomic E-state index is 11.3. The summed E-state index contributed by atoms with van der Waals surface area (Å²) in [6.45, 7) is 10.8. The minimum Gasteiger partial charge on any atom is -0.492 e. The van der Waals surface area contributed by atoms with Crippen molar-refractivity contribution in [3.05, 3.63) is 29.8 Å². The number of ether oxygens (including phenoxy) is 1. The second kappa shape index (κ2) is 11.6. The fraction of sp³-hybridized carbons (Fsp3) is 0.731. The molecule has 7 heteroatoms. The zero-order valence-electron chi connectivity index (χ0n) is 20.3. The van der Waals surface area contributed by atoms with Gasteiger partial charge in [0.2, 0.25) is 5.91 Å². The van der Waals surface area contributed by atoms with Crippen LogP contribution >= 0.6 is 0 Å². The number of amides is 1. The highest BCUT2D eigenvalue weighted by Gasteiger charge is 2.38. The molecule has 1 amide bonds. The molecule has 0 aliphatic carbocycles. The number of benzene rings is 1. The molecule has 0 saturated carbocycles. The molecule has 7 nitrogen and oxygen atoms in total. The normalized spacial score (nSPS) is 25.9. The van der Waals surface area contributed by atoms with Crippen LogP contribution in [0.1, 0.15) is 51.0 Å². The largest absolute Gasteiger partial charge is 0.492 e. The number of likely N-dealkylation sites (tertiary alicyclic amines) is 3. The van der Waals surface area contributed by atoms with E-state index < -0.39 is 5.60 Å². The lowest BCUT2D eigenvalue weighted by atomic mass is 9.99. The van der Waals surface area contributed by atoms with E-state index in [2.05, 4.69) is 38.2 Å². The molecule has 3 aliphatic heterocycles. The van der Waals surface area contributed by atoms with E-state index in [1.807, 2.05) is 6.07 Å². The van der Waals surface area contributed by atoms with Gasteiger partial charge in [0.1, 0.15) is 12.4 Å². The summed E-state index contributed by atoms with van der Waals surface area (Å²) in [4.78, 5) is 18.5. The SMILES string of the molecule is CC(=O)NC1CCN(C[C@]2(O)CCN(Cc3cccc(OCCN4CCCCC4)c3)C2)CC1. The number of carbonyl (C=O) groups is 1. The van der Waals surface area contributed by atoms with Crippen LogP contribution in [-0.4, -0.2) is 96.3 Å². The average Bonchev–Trinajstić information content (AvgIpc) is 3.16. The van der Waals surface area contributed by atoms with E-state index in [1.165, 1.54) is 37.9 Å². The first-order valence-electron chi connectivity index (χ1n) is 12.9. The number of hydrogen-bond acceptors (Lipinski definition) is 6. The summed E-state index contributed by atoms with van der Waals surface area (Å²) in [5, 5.41) is 14.2. The molecule has 0 bridgehead atoms. The zero-order chi connectivity index (χ0) is 23.1. The highest BCUT2D eigenvalue weighted by atomic mass is 16.5. The van der Waals surface area contributed by atoms with Crippen molar-refractivity contribution in [1.29, 1.82) is 0 Å². The summed E-state index contributed by atoms with van der Waals surface area (Å²) in [7, 11) is 0. The van der Waals surface area contributed by atoms with E-state index in [-0.39, 0.29) is 11.9 Å². The molecule has 0 unspecified atom stereocenters. The predicted octanol–water partition coefficient (Wildman–Crippen LogP) is 2.09. The number of rotatable bonds is 9. The van der Waals surface area contributed by atoms with Gasteiger partial charge in [0.25, 0.3) is 0 Å². The lowest BCUT2D eigenvalue weighted by Gasteiger charge is -2.36. The summed E-state index contributed by atoms with van der Waals surface area (Å²) in [6, 6.07) is 8.71. The van der Waals surface area contributed by atoms with Gasteiger partial charge in [-0.1, -0.05) is 18.6 Å². The first-order chi connectivity index (χ1) is 16.0. The molecule has 1 aromatic rings. The Bertz CT molecular complexity index is 762. The minimum atomic E-state index is -0.649. The quantitative estimate of drug-likeness (QED) is 0.591. The Kier molecular flexibility index (Phi) is 8.63. The first kappa shape index (κ1) is 24.5. The smallest absolute Gasteiger partial charge is 0.217 e. The number of β-amino-alcohol motifs (C(OH)–C–C–N with tert-alkyl or cyclic N) is 1. The van der Waals surface area contributed by atoms with E-state index >= 15 is 0 Å². The number of nitrogens with zero attached hydrogens (tertiary/aromatic N) is 3. The molecule has 0 radical (unpaired) electrons. The lowest BCUT2D eigenvalue weighted by Crippen LogP contribution is -2.50. The predicted molar refractivity (Wildman–Crippen MR) is 130 cm³/mol. The highest BCUT2D eigenvalue weighted by Crippen LogP contribution is 2.26. The molecule has 1 atom stereocenters. The van der Waals surface area contributed by atoms with Gasteiger partial charge in [-0.05, 0) is 62.9 Å². The van der Waals surface area contributed by atoms with Gasteiger partial charge >= 0.3 is 0 Å². The van der Waals surface area contributed by atoms with Crippen LogP contribution in [0.5, 0.6) is 5.75 Å². The summed E-state index contributed by atoms with van der Waals surface area (Å²) in [5.74, 6) is 0.996. The zero-order valence-corrected chi connectivity index (χ0v) is 20.3. The van der Waals surface area contributed by atoms with Gasteiger partial charge in [0.15, 0.2) is 0 Å². The van der Waals surface area contributed by atoms with Gasteiger partial charge in [0.05, 0.1) is 5.60 Å². The fourth-order valence-corrected chi connectivity index (χ4v) is 5.61. The van der Waals surface area contributed by atoms with Crippen molar-refractivity contribution in [2.75, 3.05) is 59.0 Å². The Morgan fingerprint density at radius 1 is 1.09 bits per heavy atom. The van der Waals surface area contributed by atoms with Crippen molar-refractivity contribution >= 4 is 5.91 Å². The maximum atomic E-state index is 11.3. The van der Waals surface area contributed by atoms with Crippen LogP contribution in [0, 0.1) is 0 Å². The van der Waals surface area contributed by atoms with Crippen molar-refractivity contribution in [2.45, 2.75) is 63.6 Å². The lowest BCUT2D eigenvalue weighted by molar-refractivity contribution is -0.120. The monoisotopic (exact) mass is 458 g/mol. The Balaban J connectivity index is 1.19. The number of aliphatic hydroxyl groups is 1. The van der Waals surface area contributed by atoms with Crippen LogP contribution in [0.2, 0.25) is 0 Å². The van der Waals surface area contributed by atoms with Crippen molar-refractivity contribution < 1.29 is 14.6 Å². The molecule has 3 heterocycles.